The summed E-state index contributed by atoms with van der Waals surface area (Å²) in [7, 11) is 0. The van der Waals surface area contributed by atoms with Crippen LogP contribution in [0.1, 0.15) is 20.3 Å². The highest BCUT2D eigenvalue weighted by Crippen LogP contribution is 2.40. The minimum absolute atomic E-state index is 0.210. The highest BCUT2D eigenvalue weighted by Gasteiger charge is 2.43. The Hall–Kier alpha value is -0.860. The second kappa shape index (κ2) is 3.95. The van der Waals surface area contributed by atoms with Crippen LogP contribution in [0.25, 0.3) is 0 Å². The van der Waals surface area contributed by atoms with Gasteiger partial charge < -0.3 is 9.84 Å². The van der Waals surface area contributed by atoms with Crippen LogP contribution >= 0.6 is 0 Å². The Morgan fingerprint density at radius 2 is 2.27 bits per heavy atom. The van der Waals surface area contributed by atoms with Gasteiger partial charge in [0.15, 0.2) is 0 Å². The van der Waals surface area contributed by atoms with Gasteiger partial charge in [0, 0.05) is 5.92 Å². The molecule has 2 nitrogen and oxygen atoms in total. The predicted octanol–water partition coefficient (Wildman–Crippen LogP) is 2.21. The molecule has 1 aliphatic carbocycles. The third-order valence-corrected chi connectivity index (χ3v) is 3.19. The number of fused-ring (bicyclic) bond motifs is 1. The summed E-state index contributed by atoms with van der Waals surface area (Å²) in [6, 6.07) is 0. The maximum Gasteiger partial charge on any atom is 0.0862 e. The van der Waals surface area contributed by atoms with Crippen molar-refractivity contribution in [2.24, 2.45) is 5.92 Å². The van der Waals surface area contributed by atoms with Gasteiger partial charge in [0.25, 0.3) is 0 Å². The van der Waals surface area contributed by atoms with Gasteiger partial charge in [-0.1, -0.05) is 24.3 Å². The zero-order valence-corrected chi connectivity index (χ0v) is 9.36. The number of ether oxygens (including phenoxy) is 1. The summed E-state index contributed by atoms with van der Waals surface area (Å²) in [5.74, 6) is 0.279. The van der Waals surface area contributed by atoms with Gasteiger partial charge in [-0.3, -0.25) is 0 Å². The van der Waals surface area contributed by atoms with Crippen molar-refractivity contribution in [1.82, 2.24) is 0 Å². The molecule has 0 aromatic carbocycles. The van der Waals surface area contributed by atoms with Crippen molar-refractivity contribution in [2.75, 3.05) is 6.61 Å². The van der Waals surface area contributed by atoms with Gasteiger partial charge in [0.1, 0.15) is 0 Å². The third kappa shape index (κ3) is 1.92. The topological polar surface area (TPSA) is 29.5 Å². The van der Waals surface area contributed by atoms with E-state index >= 15 is 0 Å². The fraction of sp³-hybridized carbons (Fsp3) is 0.538. The minimum Gasteiger partial charge on any atom is -0.388 e. The Labute approximate surface area is 90.9 Å². The fourth-order valence-corrected chi connectivity index (χ4v) is 2.09. The van der Waals surface area contributed by atoms with E-state index in [0.29, 0.717) is 6.61 Å². The zero-order chi connectivity index (χ0) is 11.0. The first-order valence-electron chi connectivity index (χ1n) is 5.42. The summed E-state index contributed by atoms with van der Waals surface area (Å²) < 4.78 is 5.43. The number of hydrogen-bond acceptors (Lipinski definition) is 2. The van der Waals surface area contributed by atoms with E-state index in [1.54, 1.807) is 0 Å². The molecular weight excluding hydrogens is 188 g/mol. The van der Waals surface area contributed by atoms with Crippen molar-refractivity contribution in [1.29, 1.82) is 0 Å². The van der Waals surface area contributed by atoms with Crippen molar-refractivity contribution in [3.05, 3.63) is 35.5 Å². The summed E-state index contributed by atoms with van der Waals surface area (Å²) in [6.45, 7) is 8.77. The number of allylic oxidation sites excluding steroid dienone is 3. The van der Waals surface area contributed by atoms with E-state index in [0.717, 1.165) is 17.6 Å². The van der Waals surface area contributed by atoms with Crippen LogP contribution in [0.15, 0.2) is 35.5 Å². The average Bonchev–Trinajstić information content (AvgIpc) is 2.13. The maximum absolute atomic E-state index is 9.96. The predicted molar refractivity (Wildman–Crippen MR) is 60.5 cm³/mol. The van der Waals surface area contributed by atoms with E-state index in [-0.39, 0.29) is 12.0 Å². The van der Waals surface area contributed by atoms with Crippen molar-refractivity contribution in [2.45, 2.75) is 32.5 Å². The molecule has 0 amide bonds. The SMILES string of the molecule is C=C1/C(=C\C=C(C)C)C[C@H]2OC[C@@H]2[C@@H]1O. The van der Waals surface area contributed by atoms with Crippen molar-refractivity contribution in [3.8, 4) is 0 Å². The highest BCUT2D eigenvalue weighted by atomic mass is 16.5. The lowest BCUT2D eigenvalue weighted by Gasteiger charge is -2.45. The molecule has 1 saturated carbocycles. The van der Waals surface area contributed by atoms with E-state index < -0.39 is 6.10 Å². The molecule has 0 aromatic heterocycles. The van der Waals surface area contributed by atoms with Crippen LogP contribution in [0, 0.1) is 5.92 Å². The Morgan fingerprint density at radius 3 is 2.80 bits per heavy atom. The normalized spacial score (nSPS) is 37.1. The first-order valence-corrected chi connectivity index (χ1v) is 5.42. The van der Waals surface area contributed by atoms with Gasteiger partial charge in [-0.15, -0.1) is 0 Å². The molecular formula is C13H18O2. The molecule has 0 bridgehead atoms. The quantitative estimate of drug-likeness (QED) is 0.712. The van der Waals surface area contributed by atoms with Crippen LogP contribution in [0.5, 0.6) is 0 Å². The summed E-state index contributed by atoms with van der Waals surface area (Å²) in [5, 5.41) is 9.96. The lowest BCUT2D eigenvalue weighted by molar-refractivity contribution is -0.155. The van der Waals surface area contributed by atoms with Gasteiger partial charge in [0.05, 0.1) is 18.8 Å². The second-order valence-corrected chi connectivity index (χ2v) is 4.65. The molecule has 1 aliphatic heterocycles. The first kappa shape index (κ1) is 10.7. The van der Waals surface area contributed by atoms with Gasteiger partial charge in [-0.2, -0.15) is 0 Å². The number of hydrogen-bond donors (Lipinski definition) is 1. The zero-order valence-electron chi connectivity index (χ0n) is 9.36. The molecule has 1 N–H and O–H groups in total. The van der Waals surface area contributed by atoms with E-state index in [4.69, 9.17) is 4.74 Å². The first-order chi connectivity index (χ1) is 7.09. The second-order valence-electron chi connectivity index (χ2n) is 4.65. The van der Waals surface area contributed by atoms with E-state index in [1.165, 1.54) is 5.57 Å². The van der Waals surface area contributed by atoms with Crippen LogP contribution in [0.2, 0.25) is 0 Å². The number of aliphatic hydroxyl groups is 1. The van der Waals surface area contributed by atoms with Gasteiger partial charge in [0.2, 0.25) is 0 Å². The maximum atomic E-state index is 9.96. The molecule has 82 valence electrons. The van der Waals surface area contributed by atoms with Crippen molar-refractivity contribution >= 4 is 0 Å². The lowest BCUT2D eigenvalue weighted by atomic mass is 9.75. The standard InChI is InChI=1S/C13H18O2/c1-8(2)4-5-10-6-12-11(7-15-12)13(14)9(10)3/h4-5,11-14H,3,6-7H2,1-2H3/b10-5-/t11-,12+,13+/m0/s1. The molecule has 2 fully saturated rings. The number of aliphatic hydroxyl groups excluding tert-OH is 1. The molecule has 0 radical (unpaired) electrons. The van der Waals surface area contributed by atoms with Crippen LogP contribution in [-0.4, -0.2) is 23.9 Å². The Morgan fingerprint density at radius 1 is 1.53 bits per heavy atom. The molecule has 1 heterocycles. The molecule has 2 rings (SSSR count). The largest absolute Gasteiger partial charge is 0.388 e. The average molecular weight is 206 g/mol. The summed E-state index contributed by atoms with van der Waals surface area (Å²) in [4.78, 5) is 0. The summed E-state index contributed by atoms with van der Waals surface area (Å²) in [6.07, 6.45) is 4.81. The lowest BCUT2D eigenvalue weighted by Crippen LogP contribution is -2.51. The summed E-state index contributed by atoms with van der Waals surface area (Å²) >= 11 is 0. The highest BCUT2D eigenvalue weighted by molar-refractivity contribution is 5.39. The molecule has 2 aliphatic rings. The molecule has 1 saturated heterocycles. The van der Waals surface area contributed by atoms with Gasteiger partial charge in [-0.25, -0.2) is 0 Å². The molecule has 3 atom stereocenters. The van der Waals surface area contributed by atoms with Crippen LogP contribution in [0.4, 0.5) is 0 Å². The summed E-state index contributed by atoms with van der Waals surface area (Å²) in [5.41, 5.74) is 3.25. The van der Waals surface area contributed by atoms with Crippen LogP contribution < -0.4 is 0 Å². The fourth-order valence-electron chi connectivity index (χ4n) is 2.09. The molecule has 0 spiro atoms. The van der Waals surface area contributed by atoms with Crippen molar-refractivity contribution < 1.29 is 9.84 Å². The Bertz CT molecular complexity index is 334. The van der Waals surface area contributed by atoms with Gasteiger partial charge in [-0.05, 0) is 31.4 Å². The number of rotatable bonds is 1. The van der Waals surface area contributed by atoms with E-state index in [1.807, 2.05) is 0 Å². The monoisotopic (exact) mass is 206 g/mol. The smallest absolute Gasteiger partial charge is 0.0862 e. The molecule has 2 heteroatoms. The van der Waals surface area contributed by atoms with Gasteiger partial charge >= 0.3 is 0 Å². The van der Waals surface area contributed by atoms with E-state index in [9.17, 15) is 5.11 Å². The van der Waals surface area contributed by atoms with E-state index in [2.05, 4.69) is 32.6 Å². The Balaban J connectivity index is 2.16. The van der Waals surface area contributed by atoms with Crippen LogP contribution in [0.3, 0.4) is 0 Å². The van der Waals surface area contributed by atoms with Crippen LogP contribution in [-0.2, 0) is 4.74 Å². The molecule has 0 aromatic rings. The third-order valence-electron chi connectivity index (χ3n) is 3.19. The molecule has 15 heavy (non-hydrogen) atoms. The molecule has 0 unspecified atom stereocenters. The minimum atomic E-state index is -0.408. The van der Waals surface area contributed by atoms with Crippen molar-refractivity contribution in [3.63, 3.8) is 0 Å². The Kier molecular flexibility index (Phi) is 2.81.